The van der Waals surface area contributed by atoms with Gasteiger partial charge in [0.25, 0.3) is 0 Å². The molecular weight excluding hydrogens is 186 g/mol. The van der Waals surface area contributed by atoms with Gasteiger partial charge in [-0.3, -0.25) is 4.21 Å². The lowest BCUT2D eigenvalue weighted by Gasteiger charge is -2.19. The molecule has 1 N–H and O–H groups in total. The lowest BCUT2D eigenvalue weighted by Crippen LogP contribution is -2.36. The lowest BCUT2D eigenvalue weighted by molar-refractivity contribution is 0.218. The molecule has 4 heteroatoms. The molecule has 0 aromatic heterocycles. The smallest absolute Gasteiger partial charge is 0.0577 e. The number of hydrogen-bond donors (Lipinski definition) is 1. The maximum Gasteiger partial charge on any atom is 0.0577 e. The molecule has 0 saturated carbocycles. The highest BCUT2D eigenvalue weighted by molar-refractivity contribution is 7.85. The second-order valence-electron chi connectivity index (χ2n) is 3.44. The summed E-state index contributed by atoms with van der Waals surface area (Å²) in [7, 11) is 2.79. The molecule has 2 unspecified atom stereocenters. The van der Waals surface area contributed by atoms with Gasteiger partial charge in [-0.25, -0.2) is 0 Å². The zero-order valence-electron chi connectivity index (χ0n) is 9.00. The average Bonchev–Trinajstić information content (AvgIpc) is 2.10. The van der Waals surface area contributed by atoms with E-state index in [1.165, 1.54) is 0 Å². The molecule has 0 heterocycles. The van der Waals surface area contributed by atoms with Crippen LogP contribution < -0.4 is 5.32 Å². The van der Waals surface area contributed by atoms with Crippen LogP contribution in [0.15, 0.2) is 0 Å². The Hall–Kier alpha value is 0.0700. The molecule has 0 rings (SSSR count). The molecule has 0 aliphatic carbocycles. The summed E-state index contributed by atoms with van der Waals surface area (Å²) in [5, 5.41) is 3.17. The van der Waals surface area contributed by atoms with E-state index in [0.29, 0.717) is 24.3 Å². The third-order valence-electron chi connectivity index (χ3n) is 2.06. The number of rotatable bonds is 7. The Kier molecular flexibility index (Phi) is 7.51. The maximum absolute atomic E-state index is 11.5. The van der Waals surface area contributed by atoms with Crippen molar-refractivity contribution in [3.8, 4) is 0 Å². The van der Waals surface area contributed by atoms with Crippen molar-refractivity contribution in [1.82, 2.24) is 5.32 Å². The molecule has 80 valence electrons. The van der Waals surface area contributed by atoms with Crippen molar-refractivity contribution in [2.24, 2.45) is 5.92 Å². The standard InChI is InChI=1S/C9H21NO2S/c1-8(2)9(10-3)7-13(11)6-5-12-4/h8-10H,5-7H2,1-4H3. The van der Waals surface area contributed by atoms with Crippen molar-refractivity contribution in [3.05, 3.63) is 0 Å². The average molecular weight is 207 g/mol. The third kappa shape index (κ3) is 6.18. The molecule has 2 atom stereocenters. The highest BCUT2D eigenvalue weighted by Crippen LogP contribution is 2.02. The minimum atomic E-state index is -0.758. The molecule has 0 fully saturated rings. The van der Waals surface area contributed by atoms with Gasteiger partial charge in [0.05, 0.1) is 6.61 Å². The fourth-order valence-electron chi connectivity index (χ4n) is 1.07. The molecule has 13 heavy (non-hydrogen) atoms. The summed E-state index contributed by atoms with van der Waals surface area (Å²) in [6.07, 6.45) is 0. The van der Waals surface area contributed by atoms with Crippen molar-refractivity contribution >= 4 is 10.8 Å². The van der Waals surface area contributed by atoms with Crippen molar-refractivity contribution in [2.45, 2.75) is 19.9 Å². The van der Waals surface area contributed by atoms with Crippen LogP contribution in [-0.4, -0.2) is 42.5 Å². The number of ether oxygens (including phenoxy) is 1. The minimum Gasteiger partial charge on any atom is -0.384 e. The number of hydrogen-bond acceptors (Lipinski definition) is 3. The van der Waals surface area contributed by atoms with Crippen LogP contribution in [0.1, 0.15) is 13.8 Å². The van der Waals surface area contributed by atoms with E-state index in [2.05, 4.69) is 19.2 Å². The summed E-state index contributed by atoms with van der Waals surface area (Å²) in [5.74, 6) is 1.88. The van der Waals surface area contributed by atoms with E-state index in [1.54, 1.807) is 7.11 Å². The van der Waals surface area contributed by atoms with Crippen molar-refractivity contribution in [3.63, 3.8) is 0 Å². The maximum atomic E-state index is 11.5. The fourth-order valence-corrected chi connectivity index (χ4v) is 2.54. The molecule has 0 aromatic rings. The molecule has 0 spiro atoms. The van der Waals surface area contributed by atoms with Gasteiger partial charge in [-0.1, -0.05) is 13.8 Å². The van der Waals surface area contributed by atoms with E-state index in [-0.39, 0.29) is 0 Å². The van der Waals surface area contributed by atoms with E-state index < -0.39 is 10.8 Å². The van der Waals surface area contributed by atoms with Gasteiger partial charge in [0.2, 0.25) is 0 Å². The van der Waals surface area contributed by atoms with E-state index in [4.69, 9.17) is 4.74 Å². The summed E-state index contributed by atoms with van der Waals surface area (Å²) in [6, 6.07) is 0.345. The van der Waals surface area contributed by atoms with Gasteiger partial charge >= 0.3 is 0 Å². The van der Waals surface area contributed by atoms with Gasteiger partial charge in [0.15, 0.2) is 0 Å². The summed E-state index contributed by atoms with van der Waals surface area (Å²) in [6.45, 7) is 4.85. The normalized spacial score (nSPS) is 16.1. The summed E-state index contributed by atoms with van der Waals surface area (Å²) >= 11 is 0. The Bertz CT molecular complexity index is 151. The first kappa shape index (κ1) is 13.1. The van der Waals surface area contributed by atoms with Crippen molar-refractivity contribution < 1.29 is 8.95 Å². The number of methoxy groups -OCH3 is 1. The van der Waals surface area contributed by atoms with E-state index in [1.807, 2.05) is 7.05 Å². The molecule has 0 amide bonds. The van der Waals surface area contributed by atoms with Crippen molar-refractivity contribution in [1.29, 1.82) is 0 Å². The molecule has 0 saturated heterocycles. The van der Waals surface area contributed by atoms with Crippen LogP contribution >= 0.6 is 0 Å². The Morgan fingerprint density at radius 2 is 2.08 bits per heavy atom. The van der Waals surface area contributed by atoms with Crippen LogP contribution in [0.3, 0.4) is 0 Å². The molecular formula is C9H21NO2S. The Labute approximate surface area is 83.7 Å². The molecule has 0 bridgehead atoms. The SMILES string of the molecule is CNC(CS(=O)CCOC)C(C)C. The monoisotopic (exact) mass is 207 g/mol. The zero-order valence-corrected chi connectivity index (χ0v) is 9.82. The quantitative estimate of drug-likeness (QED) is 0.665. The van der Waals surface area contributed by atoms with E-state index in [0.717, 1.165) is 5.75 Å². The fraction of sp³-hybridized carbons (Fsp3) is 1.00. The van der Waals surface area contributed by atoms with Gasteiger partial charge < -0.3 is 10.1 Å². The van der Waals surface area contributed by atoms with Crippen LogP contribution in [-0.2, 0) is 15.5 Å². The van der Waals surface area contributed by atoms with Gasteiger partial charge in [0, 0.05) is 35.5 Å². The zero-order chi connectivity index (χ0) is 10.3. The molecule has 0 aliphatic heterocycles. The largest absolute Gasteiger partial charge is 0.384 e. The van der Waals surface area contributed by atoms with Gasteiger partial charge in [0.1, 0.15) is 0 Å². The van der Waals surface area contributed by atoms with Crippen molar-refractivity contribution in [2.75, 3.05) is 32.3 Å². The first-order chi connectivity index (χ1) is 6.11. The summed E-state index contributed by atoms with van der Waals surface area (Å²) in [4.78, 5) is 0. The minimum absolute atomic E-state index is 0.345. The molecule has 0 aromatic carbocycles. The van der Waals surface area contributed by atoms with Crippen LogP contribution in [0, 0.1) is 5.92 Å². The third-order valence-corrected chi connectivity index (χ3v) is 3.41. The highest BCUT2D eigenvalue weighted by Gasteiger charge is 2.13. The number of nitrogens with one attached hydrogen (secondary N) is 1. The van der Waals surface area contributed by atoms with Crippen LogP contribution in [0.4, 0.5) is 0 Å². The Morgan fingerprint density at radius 1 is 1.46 bits per heavy atom. The summed E-state index contributed by atoms with van der Waals surface area (Å²) < 4.78 is 16.3. The van der Waals surface area contributed by atoms with Gasteiger partial charge in [-0.2, -0.15) is 0 Å². The molecule has 0 radical (unpaired) electrons. The first-order valence-corrected chi connectivity index (χ1v) is 6.11. The van der Waals surface area contributed by atoms with Crippen LogP contribution in [0.25, 0.3) is 0 Å². The predicted octanol–water partition coefficient (Wildman–Crippen LogP) is 0.625. The molecule has 0 aliphatic rings. The lowest BCUT2D eigenvalue weighted by atomic mass is 10.1. The van der Waals surface area contributed by atoms with Gasteiger partial charge in [-0.15, -0.1) is 0 Å². The van der Waals surface area contributed by atoms with Gasteiger partial charge in [-0.05, 0) is 13.0 Å². The molecule has 3 nitrogen and oxygen atoms in total. The second kappa shape index (κ2) is 7.47. The highest BCUT2D eigenvalue weighted by atomic mass is 32.2. The summed E-state index contributed by atoms with van der Waals surface area (Å²) in [5.41, 5.74) is 0. The predicted molar refractivity (Wildman–Crippen MR) is 57.4 cm³/mol. The Morgan fingerprint density at radius 3 is 2.46 bits per heavy atom. The first-order valence-electron chi connectivity index (χ1n) is 4.63. The van der Waals surface area contributed by atoms with Crippen LogP contribution in [0.5, 0.6) is 0 Å². The second-order valence-corrected chi connectivity index (χ2v) is 5.06. The topological polar surface area (TPSA) is 38.3 Å². The van der Waals surface area contributed by atoms with E-state index in [9.17, 15) is 4.21 Å². The van der Waals surface area contributed by atoms with E-state index >= 15 is 0 Å². The van der Waals surface area contributed by atoms with Crippen LogP contribution in [0.2, 0.25) is 0 Å². The Balaban J connectivity index is 3.73.